The van der Waals surface area contributed by atoms with Crippen molar-refractivity contribution >= 4 is 14.4 Å². The van der Waals surface area contributed by atoms with Crippen LogP contribution in [0.4, 0.5) is 0 Å². The number of hydrogen-bond donors (Lipinski definition) is 0. The number of ether oxygens (including phenoxy) is 1. The lowest BCUT2D eigenvalue weighted by molar-refractivity contribution is -0.171. The maximum Gasteiger partial charge on any atom is 0.312 e. The monoisotopic (exact) mass is 462 g/mol. The van der Waals surface area contributed by atoms with Gasteiger partial charge in [-0.05, 0) is 58.5 Å². The maximum absolute atomic E-state index is 13.2. The first-order valence-corrected chi connectivity index (χ1v) is 12.8. The molecule has 3 nitrogen and oxygen atoms in total. The molecule has 1 aromatic rings. The van der Waals surface area contributed by atoms with E-state index in [1.807, 2.05) is 0 Å². The first kappa shape index (κ1) is 28.8. The highest BCUT2D eigenvalue weighted by Crippen LogP contribution is 2.60. The molecule has 0 aliphatic rings. The first-order chi connectivity index (χ1) is 14.3. The van der Waals surface area contributed by atoms with Gasteiger partial charge in [-0.1, -0.05) is 93.5 Å². The van der Waals surface area contributed by atoms with E-state index < -0.39 is 5.41 Å². The molecule has 0 fully saturated rings. The smallest absolute Gasteiger partial charge is 0.312 e. The van der Waals surface area contributed by atoms with Gasteiger partial charge in [-0.3, -0.25) is 9.36 Å². The van der Waals surface area contributed by atoms with Crippen LogP contribution in [0.25, 0.3) is 0 Å². The van der Waals surface area contributed by atoms with Crippen molar-refractivity contribution in [1.29, 1.82) is 0 Å². The summed E-state index contributed by atoms with van der Waals surface area (Å²) in [5.74, 6) is 0.186. The van der Waals surface area contributed by atoms with Crippen LogP contribution in [0.15, 0.2) is 24.3 Å². The average Bonchev–Trinajstić information content (AvgIpc) is 2.64. The molecule has 0 spiro atoms. The van der Waals surface area contributed by atoms with Crippen LogP contribution in [-0.4, -0.2) is 13.1 Å². The first-order valence-electron chi connectivity index (χ1n) is 11.8. The third-order valence-electron chi connectivity index (χ3n) is 7.98. The Morgan fingerprint density at radius 2 is 1.41 bits per heavy atom. The molecule has 0 bridgehead atoms. The Morgan fingerprint density at radius 3 is 1.78 bits per heavy atom. The predicted octanol–water partition coefficient (Wildman–Crippen LogP) is 8.67. The highest BCUT2D eigenvalue weighted by molar-refractivity contribution is 7.22. The molecule has 2 unspecified atom stereocenters. The predicted molar refractivity (Wildman–Crippen MR) is 136 cm³/mol. The summed E-state index contributed by atoms with van der Waals surface area (Å²) in [6, 6.07) is 8.56. The van der Waals surface area contributed by atoms with E-state index in [0.29, 0.717) is 12.1 Å². The minimum atomic E-state index is -0.622. The van der Waals surface area contributed by atoms with Gasteiger partial charge in [0.15, 0.2) is 8.46 Å². The van der Waals surface area contributed by atoms with Gasteiger partial charge in [-0.25, -0.2) is 0 Å². The summed E-state index contributed by atoms with van der Waals surface area (Å²) in [5.41, 5.74) is 1.34. The van der Waals surface area contributed by atoms with Crippen molar-refractivity contribution in [1.82, 2.24) is 0 Å². The van der Waals surface area contributed by atoms with E-state index >= 15 is 0 Å². The van der Waals surface area contributed by atoms with Crippen molar-refractivity contribution in [3.63, 3.8) is 0 Å². The standard InChI is InChI=1S/C28H47O3P/c1-24(2,3)19-28(11,23(29)31-12)27(9,10)26(7,8)17-22(25(4,5)6)21-15-13-20(14-16-21)18-32-30/h13-16,22H,17-19H2,1-12H3. The van der Waals surface area contributed by atoms with E-state index in [4.69, 9.17) is 4.74 Å². The van der Waals surface area contributed by atoms with Crippen LogP contribution in [0.5, 0.6) is 0 Å². The van der Waals surface area contributed by atoms with Crippen molar-refractivity contribution < 1.29 is 14.1 Å². The van der Waals surface area contributed by atoms with Crippen molar-refractivity contribution in [2.75, 3.05) is 7.11 Å². The number of carbonyl (C=O) groups is 1. The second-order valence-corrected chi connectivity index (χ2v) is 13.8. The van der Waals surface area contributed by atoms with Crippen molar-refractivity contribution in [2.24, 2.45) is 27.1 Å². The Morgan fingerprint density at radius 1 is 0.906 bits per heavy atom. The fourth-order valence-corrected chi connectivity index (χ4v) is 5.56. The average molecular weight is 463 g/mol. The van der Waals surface area contributed by atoms with Crippen LogP contribution in [0.2, 0.25) is 0 Å². The SMILES string of the molecule is COC(=O)C(C)(CC(C)(C)C)C(C)(C)C(C)(C)CC(c1ccc(CP=O)cc1)C(C)(C)C. The van der Waals surface area contributed by atoms with Gasteiger partial charge in [0.05, 0.1) is 18.7 Å². The summed E-state index contributed by atoms with van der Waals surface area (Å²) < 4.78 is 16.4. The van der Waals surface area contributed by atoms with Gasteiger partial charge in [0, 0.05) is 0 Å². The van der Waals surface area contributed by atoms with Crippen molar-refractivity contribution in [2.45, 2.75) is 101 Å². The van der Waals surface area contributed by atoms with E-state index in [9.17, 15) is 9.36 Å². The molecule has 0 amide bonds. The molecule has 32 heavy (non-hydrogen) atoms. The van der Waals surface area contributed by atoms with E-state index in [1.54, 1.807) is 0 Å². The summed E-state index contributed by atoms with van der Waals surface area (Å²) in [4.78, 5) is 13.2. The Balaban J connectivity index is 3.47. The van der Waals surface area contributed by atoms with Gasteiger partial charge in [0.1, 0.15) is 0 Å². The van der Waals surface area contributed by atoms with E-state index in [0.717, 1.165) is 18.4 Å². The summed E-state index contributed by atoms with van der Waals surface area (Å²) in [6.07, 6.45) is 2.25. The molecule has 0 saturated heterocycles. The Bertz CT molecular complexity index is 778. The van der Waals surface area contributed by atoms with E-state index in [1.165, 1.54) is 12.7 Å². The molecule has 0 N–H and O–H groups in total. The van der Waals surface area contributed by atoms with Gasteiger partial charge < -0.3 is 4.74 Å². The molecule has 0 saturated carbocycles. The zero-order valence-corrected chi connectivity index (χ0v) is 23.6. The maximum atomic E-state index is 13.2. The molecule has 2 atom stereocenters. The third-order valence-corrected chi connectivity index (χ3v) is 8.47. The van der Waals surface area contributed by atoms with Crippen LogP contribution in [0.3, 0.4) is 0 Å². The Hall–Kier alpha value is -1.21. The molecule has 182 valence electrons. The second-order valence-electron chi connectivity index (χ2n) is 13.2. The van der Waals surface area contributed by atoms with Crippen LogP contribution < -0.4 is 0 Å². The van der Waals surface area contributed by atoms with E-state index in [2.05, 4.69) is 100 Å². The Kier molecular flexibility index (Phi) is 8.97. The quantitative estimate of drug-likeness (QED) is 0.272. The summed E-state index contributed by atoms with van der Waals surface area (Å²) >= 11 is 0. The lowest BCUT2D eigenvalue weighted by Crippen LogP contribution is -2.53. The summed E-state index contributed by atoms with van der Waals surface area (Å²) in [7, 11) is 1.66. The van der Waals surface area contributed by atoms with Gasteiger partial charge in [-0.15, -0.1) is 0 Å². The fourth-order valence-electron chi connectivity index (χ4n) is 5.20. The number of methoxy groups -OCH3 is 1. The zero-order valence-electron chi connectivity index (χ0n) is 22.7. The lowest BCUT2D eigenvalue weighted by atomic mass is 9.48. The second kappa shape index (κ2) is 9.96. The minimum Gasteiger partial charge on any atom is -0.469 e. The zero-order chi connectivity index (χ0) is 25.2. The number of hydrogen-bond acceptors (Lipinski definition) is 3. The number of carbonyl (C=O) groups excluding carboxylic acids is 1. The molecule has 0 heterocycles. The topological polar surface area (TPSA) is 43.4 Å². The van der Waals surface area contributed by atoms with Crippen LogP contribution >= 0.6 is 8.46 Å². The Labute approximate surface area is 199 Å². The van der Waals surface area contributed by atoms with Crippen LogP contribution in [0, 0.1) is 27.1 Å². The fraction of sp³-hybridized carbons (Fsp3) is 0.750. The van der Waals surface area contributed by atoms with Crippen molar-refractivity contribution in [3.05, 3.63) is 35.4 Å². The van der Waals surface area contributed by atoms with Crippen molar-refractivity contribution in [3.8, 4) is 0 Å². The highest BCUT2D eigenvalue weighted by Gasteiger charge is 2.57. The summed E-state index contributed by atoms with van der Waals surface area (Å²) in [6.45, 7) is 24.6. The van der Waals surface area contributed by atoms with Gasteiger partial charge >= 0.3 is 5.97 Å². The van der Waals surface area contributed by atoms with Crippen LogP contribution in [-0.2, 0) is 20.3 Å². The molecular weight excluding hydrogens is 415 g/mol. The number of benzene rings is 1. The number of esters is 1. The molecule has 1 aromatic carbocycles. The molecule has 0 aliphatic carbocycles. The molecule has 4 heteroatoms. The third kappa shape index (κ3) is 6.43. The molecule has 0 aromatic heterocycles. The van der Waals surface area contributed by atoms with Gasteiger partial charge in [0.2, 0.25) is 0 Å². The van der Waals surface area contributed by atoms with E-state index in [-0.39, 0.29) is 36.1 Å². The highest BCUT2D eigenvalue weighted by atomic mass is 31.1. The lowest BCUT2D eigenvalue weighted by Gasteiger charge is -2.55. The number of rotatable bonds is 9. The normalized spacial score (nSPS) is 16.5. The summed E-state index contributed by atoms with van der Waals surface area (Å²) in [5, 5.41) is 0. The minimum absolute atomic E-state index is 0.00352. The van der Waals surface area contributed by atoms with Gasteiger partial charge in [0.25, 0.3) is 0 Å². The van der Waals surface area contributed by atoms with Gasteiger partial charge in [-0.2, -0.15) is 0 Å². The molecule has 1 rings (SSSR count). The molecular formula is C28H47O3P. The molecule has 0 aliphatic heterocycles. The largest absolute Gasteiger partial charge is 0.469 e. The van der Waals surface area contributed by atoms with Crippen LogP contribution in [0.1, 0.15) is 106 Å². The molecule has 0 radical (unpaired) electrons.